The topological polar surface area (TPSA) is 217 Å². The number of aliphatic hydroxyl groups excluding tert-OH is 8. The fourth-order valence-electron chi connectivity index (χ4n) is 4.08. The lowest BCUT2D eigenvalue weighted by Crippen LogP contribution is -2.66. The average Bonchev–Trinajstić information content (AvgIpc) is 2.79. The van der Waals surface area contributed by atoms with E-state index in [1.165, 1.54) is 21.0 Å². The third kappa shape index (κ3) is 5.34. The molecule has 14 nitrogen and oxygen atoms in total. The zero-order valence-electron chi connectivity index (χ0n) is 18.4. The van der Waals surface area contributed by atoms with Crippen molar-refractivity contribution in [3.05, 3.63) is 0 Å². The molecule has 0 amide bonds. The van der Waals surface area contributed by atoms with Crippen LogP contribution >= 0.6 is 0 Å². The summed E-state index contributed by atoms with van der Waals surface area (Å²) in [4.78, 5) is 0. The highest BCUT2D eigenvalue weighted by Crippen LogP contribution is 2.32. The second-order valence-corrected chi connectivity index (χ2v) is 8.52. The Kier molecular flexibility index (Phi) is 9.02. The molecule has 15 atom stereocenters. The van der Waals surface area contributed by atoms with Gasteiger partial charge in [-0.3, -0.25) is 0 Å². The van der Waals surface area contributed by atoms with Gasteiger partial charge in [-0.25, -0.2) is 0 Å². The molecule has 0 aromatic carbocycles. The van der Waals surface area contributed by atoms with E-state index in [4.69, 9.17) is 28.4 Å². The predicted molar refractivity (Wildman–Crippen MR) is 103 cm³/mol. The van der Waals surface area contributed by atoms with Gasteiger partial charge in [-0.1, -0.05) is 0 Å². The van der Waals surface area contributed by atoms with Crippen molar-refractivity contribution in [2.45, 2.75) is 106 Å². The summed E-state index contributed by atoms with van der Waals surface area (Å²) in [6.07, 6.45) is -21.2. The Bertz CT molecular complexity index is 621. The quantitative estimate of drug-likeness (QED) is 0.177. The van der Waals surface area contributed by atoms with Crippen LogP contribution in [0.25, 0.3) is 0 Å². The molecule has 14 heteroatoms. The van der Waals surface area contributed by atoms with E-state index < -0.39 is 98.7 Å². The third-order valence-electron chi connectivity index (χ3n) is 6.23. The number of methoxy groups -OCH3 is 1. The monoisotopic (exact) mass is 486 g/mol. The number of hydrogen-bond donors (Lipinski definition) is 8. The van der Waals surface area contributed by atoms with Crippen molar-refractivity contribution in [3.8, 4) is 0 Å². The molecule has 0 spiro atoms. The first-order valence-electron chi connectivity index (χ1n) is 10.7. The van der Waals surface area contributed by atoms with E-state index in [0.29, 0.717) is 0 Å². The highest BCUT2D eigenvalue weighted by molar-refractivity contribution is 4.95. The first-order chi connectivity index (χ1) is 15.5. The molecule has 0 radical (unpaired) electrons. The lowest BCUT2D eigenvalue weighted by Gasteiger charge is -2.48. The molecule has 3 aliphatic rings. The van der Waals surface area contributed by atoms with Gasteiger partial charge in [-0.2, -0.15) is 0 Å². The van der Waals surface area contributed by atoms with Gasteiger partial charge in [-0.05, 0) is 13.8 Å². The Hall–Kier alpha value is -0.560. The number of aliphatic hydroxyl groups is 8. The standard InChI is InChI=1S/C19H34O14/c1-5-8(21)12(25)15(18(28-3)29-5)33-19-16(13(26)9(22)6(2)30-19)32-17-14(27)11(24)10(23)7(4-20)31-17/h5-27H,4H2,1-3H3/t5-,6-,7-,8-,9-,10-,11-,12-,13-,14-,15-,16-,17-,18+,19-/m0/s1. The Labute approximate surface area is 189 Å². The molecule has 3 rings (SSSR count). The second-order valence-electron chi connectivity index (χ2n) is 8.52. The number of ether oxygens (including phenoxy) is 6. The van der Waals surface area contributed by atoms with E-state index in [1.807, 2.05) is 0 Å². The van der Waals surface area contributed by atoms with Crippen LogP contribution in [-0.4, -0.2) is 147 Å². The summed E-state index contributed by atoms with van der Waals surface area (Å²) in [6.45, 7) is 2.28. The lowest BCUT2D eigenvalue weighted by molar-refractivity contribution is -0.388. The van der Waals surface area contributed by atoms with Crippen LogP contribution in [0.4, 0.5) is 0 Å². The van der Waals surface area contributed by atoms with Crippen molar-refractivity contribution < 1.29 is 69.3 Å². The van der Waals surface area contributed by atoms with Crippen LogP contribution in [-0.2, 0) is 28.4 Å². The van der Waals surface area contributed by atoms with Crippen molar-refractivity contribution in [2.24, 2.45) is 0 Å². The third-order valence-corrected chi connectivity index (χ3v) is 6.23. The van der Waals surface area contributed by atoms with E-state index in [0.717, 1.165) is 0 Å². The largest absolute Gasteiger partial charge is 0.394 e. The maximum absolute atomic E-state index is 10.6. The Morgan fingerprint density at radius 2 is 1.06 bits per heavy atom. The zero-order chi connectivity index (χ0) is 24.6. The molecule has 33 heavy (non-hydrogen) atoms. The van der Waals surface area contributed by atoms with E-state index in [9.17, 15) is 40.9 Å². The van der Waals surface area contributed by atoms with Gasteiger partial charge in [0.05, 0.1) is 18.8 Å². The van der Waals surface area contributed by atoms with Crippen molar-refractivity contribution >= 4 is 0 Å². The molecule has 0 saturated carbocycles. The maximum Gasteiger partial charge on any atom is 0.187 e. The van der Waals surface area contributed by atoms with Crippen molar-refractivity contribution in [1.82, 2.24) is 0 Å². The smallest absolute Gasteiger partial charge is 0.187 e. The minimum Gasteiger partial charge on any atom is -0.394 e. The zero-order valence-corrected chi connectivity index (χ0v) is 18.4. The summed E-state index contributed by atoms with van der Waals surface area (Å²) < 4.78 is 32.9. The highest BCUT2D eigenvalue weighted by Gasteiger charge is 2.53. The van der Waals surface area contributed by atoms with Crippen LogP contribution < -0.4 is 0 Å². The van der Waals surface area contributed by atoms with Gasteiger partial charge < -0.3 is 69.3 Å². The van der Waals surface area contributed by atoms with Gasteiger partial charge in [0.15, 0.2) is 18.9 Å². The molecule has 0 bridgehead atoms. The van der Waals surface area contributed by atoms with Crippen LogP contribution in [0.2, 0.25) is 0 Å². The van der Waals surface area contributed by atoms with Gasteiger partial charge in [-0.15, -0.1) is 0 Å². The number of hydrogen-bond acceptors (Lipinski definition) is 14. The molecule has 0 aromatic rings. The van der Waals surface area contributed by atoms with Crippen molar-refractivity contribution in [2.75, 3.05) is 13.7 Å². The SMILES string of the molecule is CO[C@@H]1O[C@@H](C)[C@H](O)[C@H](O)[C@@H]1O[C@@H]1O[C@@H](C)[C@H](O)[C@H](O)[C@@H]1O[C@@H]1O[C@@H](CO)[C@H](O)[C@H](O)[C@@H]1O. The van der Waals surface area contributed by atoms with E-state index in [1.54, 1.807) is 0 Å². The lowest BCUT2D eigenvalue weighted by atomic mass is 9.97. The summed E-state index contributed by atoms with van der Waals surface area (Å²) in [5.41, 5.74) is 0. The van der Waals surface area contributed by atoms with Gasteiger partial charge in [0.25, 0.3) is 0 Å². The molecular formula is C19H34O14. The minimum absolute atomic E-state index is 0.703. The summed E-state index contributed by atoms with van der Waals surface area (Å²) >= 11 is 0. The molecule has 194 valence electrons. The van der Waals surface area contributed by atoms with E-state index in [2.05, 4.69) is 0 Å². The minimum atomic E-state index is -1.79. The Balaban J connectivity index is 1.81. The molecule has 0 unspecified atom stereocenters. The normalized spacial score (nSPS) is 53.7. The molecule has 3 fully saturated rings. The van der Waals surface area contributed by atoms with Gasteiger partial charge in [0.1, 0.15) is 61.0 Å². The summed E-state index contributed by atoms with van der Waals surface area (Å²) in [6, 6.07) is 0. The average molecular weight is 486 g/mol. The van der Waals surface area contributed by atoms with E-state index in [-0.39, 0.29) is 0 Å². The van der Waals surface area contributed by atoms with Crippen LogP contribution in [0.3, 0.4) is 0 Å². The Morgan fingerprint density at radius 1 is 0.576 bits per heavy atom. The van der Waals surface area contributed by atoms with E-state index >= 15 is 0 Å². The second kappa shape index (κ2) is 11.0. The fraction of sp³-hybridized carbons (Fsp3) is 1.00. The van der Waals surface area contributed by atoms with Crippen LogP contribution in [0.5, 0.6) is 0 Å². The molecule has 3 aliphatic heterocycles. The predicted octanol–water partition coefficient (Wildman–Crippen LogP) is -4.86. The molecule has 3 saturated heterocycles. The van der Waals surface area contributed by atoms with Crippen LogP contribution in [0.1, 0.15) is 13.8 Å². The molecule has 0 aromatic heterocycles. The Morgan fingerprint density at radius 3 is 1.58 bits per heavy atom. The first kappa shape index (κ1) is 27.0. The van der Waals surface area contributed by atoms with Gasteiger partial charge in [0.2, 0.25) is 0 Å². The van der Waals surface area contributed by atoms with Gasteiger partial charge >= 0.3 is 0 Å². The number of rotatable bonds is 6. The first-order valence-corrected chi connectivity index (χ1v) is 10.7. The summed E-state index contributed by atoms with van der Waals surface area (Å²) in [5.74, 6) is 0. The van der Waals surface area contributed by atoms with Gasteiger partial charge in [0, 0.05) is 7.11 Å². The van der Waals surface area contributed by atoms with Crippen LogP contribution in [0.15, 0.2) is 0 Å². The molecular weight excluding hydrogens is 452 g/mol. The molecule has 0 aliphatic carbocycles. The summed E-state index contributed by atoms with van der Waals surface area (Å²) in [5, 5.41) is 81.2. The van der Waals surface area contributed by atoms with Crippen molar-refractivity contribution in [1.29, 1.82) is 0 Å². The molecule has 3 heterocycles. The maximum atomic E-state index is 10.6. The highest BCUT2D eigenvalue weighted by atomic mass is 16.8. The van der Waals surface area contributed by atoms with Crippen molar-refractivity contribution in [3.63, 3.8) is 0 Å². The summed E-state index contributed by atoms with van der Waals surface area (Å²) in [7, 11) is 1.29. The van der Waals surface area contributed by atoms with Crippen LogP contribution in [0, 0.1) is 0 Å². The molecule has 8 N–H and O–H groups in total. The fourth-order valence-corrected chi connectivity index (χ4v) is 4.08.